The van der Waals surface area contributed by atoms with Crippen molar-refractivity contribution in [3.63, 3.8) is 0 Å². The van der Waals surface area contributed by atoms with Crippen molar-refractivity contribution in [2.75, 3.05) is 18.1 Å². The van der Waals surface area contributed by atoms with Crippen molar-refractivity contribution in [3.05, 3.63) is 138 Å². The molecule has 0 unspecified atom stereocenters. The maximum Gasteiger partial charge on any atom is 0.338 e. The van der Waals surface area contributed by atoms with Gasteiger partial charge in [-0.3, -0.25) is 19.4 Å². The van der Waals surface area contributed by atoms with Crippen LogP contribution in [0, 0.1) is 0 Å². The van der Waals surface area contributed by atoms with Crippen molar-refractivity contribution >= 4 is 46.9 Å². The lowest BCUT2D eigenvalue weighted by molar-refractivity contribution is -0.127. The lowest BCUT2D eigenvalue weighted by atomic mass is 10.0. The molecule has 7 nitrogen and oxygen atoms in total. The van der Waals surface area contributed by atoms with E-state index in [-0.39, 0.29) is 17.3 Å². The molecule has 1 aliphatic heterocycles. The van der Waals surface area contributed by atoms with E-state index < -0.39 is 17.8 Å². The van der Waals surface area contributed by atoms with E-state index in [0.717, 1.165) is 28.2 Å². The van der Waals surface area contributed by atoms with Crippen LogP contribution in [0.15, 0.2) is 127 Å². The number of ether oxygens (including phenoxy) is 1. The zero-order valence-electron chi connectivity index (χ0n) is 26.1. The van der Waals surface area contributed by atoms with Crippen LogP contribution in [0.2, 0.25) is 0 Å². The Hall–Kier alpha value is -5.60. The van der Waals surface area contributed by atoms with Gasteiger partial charge in [0.2, 0.25) is 0 Å². The van der Waals surface area contributed by atoms with Crippen LogP contribution < -0.4 is 4.90 Å². The van der Waals surface area contributed by atoms with Gasteiger partial charge in [0.05, 0.1) is 29.2 Å². The van der Waals surface area contributed by atoms with Crippen molar-refractivity contribution in [3.8, 4) is 28.2 Å². The molecule has 234 valence electrons. The van der Waals surface area contributed by atoms with Crippen LogP contribution in [-0.2, 0) is 14.3 Å². The van der Waals surface area contributed by atoms with Crippen molar-refractivity contribution in [2.24, 2.45) is 0 Å². The van der Waals surface area contributed by atoms with Crippen molar-refractivity contribution in [2.45, 2.75) is 20.3 Å². The van der Waals surface area contributed by atoms with Gasteiger partial charge in [0.15, 0.2) is 5.11 Å². The largest absolute Gasteiger partial charge is 0.462 e. The number of nitrogens with zero attached hydrogens (tertiary/aromatic N) is 3. The van der Waals surface area contributed by atoms with E-state index in [4.69, 9.17) is 17.0 Å². The van der Waals surface area contributed by atoms with Gasteiger partial charge in [-0.15, -0.1) is 0 Å². The summed E-state index contributed by atoms with van der Waals surface area (Å²) in [6, 6.07) is 38.1. The van der Waals surface area contributed by atoms with Gasteiger partial charge in [0.1, 0.15) is 5.57 Å². The smallest absolute Gasteiger partial charge is 0.338 e. The molecular weight excluding hydrogens is 607 g/mol. The molecule has 8 heteroatoms. The number of rotatable bonds is 9. The third-order valence-electron chi connectivity index (χ3n) is 7.88. The average molecular weight is 640 g/mol. The van der Waals surface area contributed by atoms with Gasteiger partial charge in [-0.2, -0.15) is 0 Å². The van der Waals surface area contributed by atoms with Crippen LogP contribution in [0.5, 0.6) is 0 Å². The number of hydrogen-bond donors (Lipinski definition) is 0. The number of aromatic nitrogens is 1. The average Bonchev–Trinajstić information content (AvgIpc) is 3.49. The van der Waals surface area contributed by atoms with Gasteiger partial charge in [-0.05, 0) is 85.2 Å². The molecule has 0 saturated carbocycles. The highest BCUT2D eigenvalue weighted by molar-refractivity contribution is 7.80. The van der Waals surface area contributed by atoms with Gasteiger partial charge >= 0.3 is 5.97 Å². The number of carbonyl (C=O) groups excluding carboxylic acids is 3. The first-order valence-electron chi connectivity index (χ1n) is 15.5. The second-order valence-corrected chi connectivity index (χ2v) is 11.3. The minimum Gasteiger partial charge on any atom is -0.462 e. The van der Waals surface area contributed by atoms with Gasteiger partial charge in [0.25, 0.3) is 11.8 Å². The molecule has 1 aromatic heterocycles. The Morgan fingerprint density at radius 2 is 1.34 bits per heavy atom. The predicted molar refractivity (Wildman–Crippen MR) is 189 cm³/mol. The molecule has 0 aliphatic carbocycles. The summed E-state index contributed by atoms with van der Waals surface area (Å²) in [5.41, 5.74) is 5.97. The van der Waals surface area contributed by atoms with E-state index >= 15 is 0 Å². The number of amides is 2. The normalized spacial score (nSPS) is 14.2. The van der Waals surface area contributed by atoms with Crippen molar-refractivity contribution < 1.29 is 19.1 Å². The molecule has 1 fully saturated rings. The highest BCUT2D eigenvalue weighted by Gasteiger charge is 2.40. The molecule has 4 aromatic carbocycles. The van der Waals surface area contributed by atoms with Crippen LogP contribution in [0.4, 0.5) is 5.69 Å². The quantitative estimate of drug-likeness (QED) is 0.0709. The Morgan fingerprint density at radius 1 is 0.745 bits per heavy atom. The summed E-state index contributed by atoms with van der Waals surface area (Å²) < 4.78 is 7.30. The van der Waals surface area contributed by atoms with E-state index in [9.17, 15) is 14.4 Å². The first kappa shape index (κ1) is 31.4. The molecule has 47 heavy (non-hydrogen) atoms. The molecule has 5 aromatic rings. The van der Waals surface area contributed by atoms with E-state index in [1.165, 1.54) is 9.80 Å². The monoisotopic (exact) mass is 639 g/mol. The lowest BCUT2D eigenvalue weighted by Gasteiger charge is -2.36. The Labute approximate surface area is 279 Å². The zero-order valence-corrected chi connectivity index (χ0v) is 26.9. The van der Waals surface area contributed by atoms with Crippen LogP contribution in [0.3, 0.4) is 0 Å². The maximum atomic E-state index is 14.2. The summed E-state index contributed by atoms with van der Waals surface area (Å²) in [5, 5.41) is 0.165. The third-order valence-corrected chi connectivity index (χ3v) is 8.28. The summed E-state index contributed by atoms with van der Waals surface area (Å²) >= 11 is 5.71. The van der Waals surface area contributed by atoms with E-state index in [1.807, 2.05) is 104 Å². The molecule has 0 spiro atoms. The number of thiocarbonyl (C=S) groups is 1. The van der Waals surface area contributed by atoms with Crippen LogP contribution in [0.1, 0.15) is 36.2 Å². The number of para-hydroxylation sites is 1. The van der Waals surface area contributed by atoms with Crippen molar-refractivity contribution in [1.29, 1.82) is 0 Å². The molecule has 2 amide bonds. The predicted octanol–water partition coefficient (Wildman–Crippen LogP) is 7.94. The third kappa shape index (κ3) is 6.15. The molecule has 1 aliphatic rings. The van der Waals surface area contributed by atoms with Crippen molar-refractivity contribution in [1.82, 2.24) is 9.47 Å². The molecule has 0 N–H and O–H groups in total. The van der Waals surface area contributed by atoms with Gasteiger partial charge in [-0.1, -0.05) is 85.8 Å². The fourth-order valence-electron chi connectivity index (χ4n) is 5.74. The summed E-state index contributed by atoms with van der Waals surface area (Å²) in [6.07, 6.45) is 2.35. The summed E-state index contributed by atoms with van der Waals surface area (Å²) in [6.45, 7) is 4.40. The van der Waals surface area contributed by atoms with Crippen LogP contribution in [0.25, 0.3) is 34.3 Å². The number of benzene rings is 4. The molecule has 0 radical (unpaired) electrons. The molecule has 0 atom stereocenters. The second-order valence-electron chi connectivity index (χ2n) is 10.9. The topological polar surface area (TPSA) is 71.9 Å². The molecule has 1 saturated heterocycles. The minimum absolute atomic E-state index is 0.0162. The number of esters is 1. The van der Waals surface area contributed by atoms with Gasteiger partial charge in [-0.25, -0.2) is 4.79 Å². The highest BCUT2D eigenvalue weighted by Crippen LogP contribution is 2.38. The summed E-state index contributed by atoms with van der Waals surface area (Å²) in [4.78, 5) is 43.6. The Morgan fingerprint density at radius 3 is 1.94 bits per heavy atom. The first-order valence-corrected chi connectivity index (χ1v) is 15.9. The highest BCUT2D eigenvalue weighted by atomic mass is 32.1. The number of hydrogen-bond acceptors (Lipinski definition) is 5. The van der Waals surface area contributed by atoms with E-state index in [2.05, 4.69) is 4.57 Å². The van der Waals surface area contributed by atoms with Crippen LogP contribution >= 0.6 is 12.2 Å². The molecular formula is C39H33N3O4S. The molecule has 0 bridgehead atoms. The second kappa shape index (κ2) is 13.8. The lowest BCUT2D eigenvalue weighted by Crippen LogP contribution is -2.56. The first-order chi connectivity index (χ1) is 22.9. The Kier molecular flexibility index (Phi) is 9.22. The Balaban J connectivity index is 1.60. The fourth-order valence-corrected chi connectivity index (χ4v) is 6.10. The SMILES string of the molecule is CCCN1C(=O)/C(=C/c2cc(-c3ccccc3)n(-c3ccc(C(=O)OCC)cc3)c2-c2ccccc2)C(=O)N(c2ccccc2)C1=S. The zero-order chi connectivity index (χ0) is 32.9. The van der Waals surface area contributed by atoms with Gasteiger partial charge in [0, 0.05) is 17.8 Å². The maximum absolute atomic E-state index is 14.2. The fraction of sp³-hybridized carbons (Fsp3) is 0.128. The van der Waals surface area contributed by atoms with E-state index in [1.54, 1.807) is 37.3 Å². The van der Waals surface area contributed by atoms with E-state index in [0.29, 0.717) is 29.8 Å². The standard InChI is InChI=1S/C39H33N3O4S/c1-3-24-40-36(43)33(37(44)42(39(40)47)31-18-12-7-13-19-31)25-30-26-34(27-14-8-5-9-15-27)41(35(30)28-16-10-6-11-17-28)32-22-20-29(21-23-32)38(45)46-4-2/h5-23,25-26H,3-4,24H2,1-2H3/b33-25-. The summed E-state index contributed by atoms with van der Waals surface area (Å²) in [5.74, 6) is -1.30. The molecule has 6 rings (SSSR count). The Bertz CT molecular complexity index is 1970. The minimum atomic E-state index is -0.481. The number of anilines is 1. The van der Waals surface area contributed by atoms with Crippen LogP contribution in [-0.4, -0.2) is 45.5 Å². The molecule has 2 heterocycles. The number of carbonyl (C=O) groups is 3. The summed E-state index contributed by atoms with van der Waals surface area (Å²) in [7, 11) is 0. The van der Waals surface area contributed by atoms with Gasteiger partial charge < -0.3 is 9.30 Å².